The fourth-order valence-corrected chi connectivity index (χ4v) is 10.5. The fourth-order valence-electron chi connectivity index (χ4n) is 10.5. The lowest BCUT2D eigenvalue weighted by atomic mass is 10.0. The van der Waals surface area contributed by atoms with E-state index >= 15 is 0 Å². The van der Waals surface area contributed by atoms with Crippen LogP contribution >= 0.6 is 0 Å². The van der Waals surface area contributed by atoms with Gasteiger partial charge in [-0.2, -0.15) is 0 Å². The molecule has 480 valence electrons. The molecule has 0 fully saturated rings. The number of rotatable bonds is 66. The standard InChI is InChI=1S/C77H136O6/c1-4-7-10-13-16-19-22-25-28-30-31-32-33-34-35-36-37-38-39-40-41-42-43-44-45-47-49-52-55-58-61-64-67-70-76(79)82-73-74(72-81-75(78)69-66-63-60-57-54-51-48-27-24-21-18-15-12-9-6-3)83-77(80)71-68-65-62-59-56-53-50-46-29-26-23-20-17-14-11-8-5-2/h7,10,16,18-19,21,25,27-28,31-32,34-35,48,74H,4-6,8-9,11-15,17,20,22-24,26,29-30,33,36-47,49-73H2,1-3H3/b10-7-,19-16-,21-18-,28-25-,32-31-,35-34-,48-27-. The number of ether oxygens (including phenoxy) is 3. The van der Waals surface area contributed by atoms with Crippen LogP contribution in [-0.2, 0) is 28.6 Å². The van der Waals surface area contributed by atoms with Crippen molar-refractivity contribution in [3.8, 4) is 0 Å². The van der Waals surface area contributed by atoms with Gasteiger partial charge in [0.15, 0.2) is 6.10 Å². The molecule has 0 aromatic heterocycles. The van der Waals surface area contributed by atoms with Crippen LogP contribution in [0.15, 0.2) is 85.1 Å². The van der Waals surface area contributed by atoms with Crippen molar-refractivity contribution in [1.29, 1.82) is 0 Å². The summed E-state index contributed by atoms with van der Waals surface area (Å²) < 4.78 is 17.0. The quantitative estimate of drug-likeness (QED) is 0.0261. The number of unbranched alkanes of at least 4 members (excludes halogenated alkanes) is 41. The molecule has 0 spiro atoms. The van der Waals surface area contributed by atoms with Gasteiger partial charge in [0.25, 0.3) is 0 Å². The average molecular weight is 1160 g/mol. The van der Waals surface area contributed by atoms with E-state index in [1.165, 1.54) is 218 Å². The molecule has 0 saturated heterocycles. The maximum Gasteiger partial charge on any atom is 0.306 e. The number of allylic oxidation sites excluding steroid dienone is 14. The Balaban J connectivity index is 4.19. The molecule has 0 radical (unpaired) electrons. The number of carbonyl (C=O) groups excluding carboxylic acids is 3. The first-order valence-corrected chi connectivity index (χ1v) is 36.1. The summed E-state index contributed by atoms with van der Waals surface area (Å²) in [4.78, 5) is 38.4. The lowest BCUT2D eigenvalue weighted by molar-refractivity contribution is -0.167. The van der Waals surface area contributed by atoms with Crippen molar-refractivity contribution in [2.75, 3.05) is 13.2 Å². The van der Waals surface area contributed by atoms with Gasteiger partial charge >= 0.3 is 17.9 Å². The molecule has 0 aliphatic carbocycles. The SMILES string of the molecule is CC/C=C\C/C=C\C/C=C\C/C=C\C/C=C\CCCCCCCCCCCCCCCCCCCC(=O)OCC(COC(=O)CCCCCCC/C=C\C/C=C\CCCCC)OC(=O)CCCCCCCCCCCCCCCCCCC. The molecular weight excluding hydrogens is 1020 g/mol. The van der Waals surface area contributed by atoms with Crippen molar-refractivity contribution in [3.05, 3.63) is 85.1 Å². The van der Waals surface area contributed by atoms with E-state index in [1.54, 1.807) is 0 Å². The van der Waals surface area contributed by atoms with Crippen molar-refractivity contribution in [2.24, 2.45) is 0 Å². The zero-order valence-electron chi connectivity index (χ0n) is 55.2. The minimum absolute atomic E-state index is 0.0753. The Morgan fingerprint density at radius 3 is 0.759 bits per heavy atom. The Labute approximate surface area is 515 Å². The van der Waals surface area contributed by atoms with Gasteiger partial charge in [0.2, 0.25) is 0 Å². The molecule has 0 heterocycles. The summed E-state index contributed by atoms with van der Waals surface area (Å²) in [7, 11) is 0. The molecule has 83 heavy (non-hydrogen) atoms. The first-order valence-electron chi connectivity index (χ1n) is 36.1. The molecule has 0 aliphatic heterocycles. The first kappa shape index (κ1) is 79.6. The van der Waals surface area contributed by atoms with E-state index in [4.69, 9.17) is 14.2 Å². The summed E-state index contributed by atoms with van der Waals surface area (Å²) in [5.74, 6) is -0.866. The van der Waals surface area contributed by atoms with Crippen LogP contribution in [0.5, 0.6) is 0 Å². The third-order valence-electron chi connectivity index (χ3n) is 15.9. The molecule has 0 aromatic carbocycles. The van der Waals surface area contributed by atoms with E-state index < -0.39 is 6.10 Å². The van der Waals surface area contributed by atoms with Crippen molar-refractivity contribution in [1.82, 2.24) is 0 Å². The highest BCUT2D eigenvalue weighted by Gasteiger charge is 2.19. The molecule has 6 heteroatoms. The molecule has 1 unspecified atom stereocenters. The third kappa shape index (κ3) is 69.3. The summed E-state index contributed by atoms with van der Waals surface area (Å²) in [6.45, 7) is 6.54. The second-order valence-corrected chi connectivity index (χ2v) is 24.1. The summed E-state index contributed by atoms with van der Waals surface area (Å²) in [5, 5.41) is 0. The summed E-state index contributed by atoms with van der Waals surface area (Å²) in [6.07, 6.45) is 94.7. The van der Waals surface area contributed by atoms with E-state index in [2.05, 4.69) is 106 Å². The van der Waals surface area contributed by atoms with Crippen molar-refractivity contribution in [2.45, 2.75) is 374 Å². The number of hydrogen-bond donors (Lipinski definition) is 0. The first-order chi connectivity index (χ1) is 41.0. The van der Waals surface area contributed by atoms with E-state index in [0.29, 0.717) is 19.3 Å². The molecule has 0 bridgehead atoms. The Morgan fingerprint density at radius 1 is 0.253 bits per heavy atom. The smallest absolute Gasteiger partial charge is 0.306 e. The average Bonchev–Trinajstić information content (AvgIpc) is 3.49. The van der Waals surface area contributed by atoms with Crippen LogP contribution in [0, 0.1) is 0 Å². The lowest BCUT2D eigenvalue weighted by Gasteiger charge is -2.18. The van der Waals surface area contributed by atoms with Crippen molar-refractivity contribution >= 4 is 17.9 Å². The van der Waals surface area contributed by atoms with Gasteiger partial charge < -0.3 is 14.2 Å². The van der Waals surface area contributed by atoms with Crippen LogP contribution in [-0.4, -0.2) is 37.2 Å². The summed E-state index contributed by atoms with van der Waals surface area (Å²) in [6, 6.07) is 0. The number of esters is 3. The zero-order chi connectivity index (χ0) is 59.9. The van der Waals surface area contributed by atoms with Crippen LogP contribution in [0.25, 0.3) is 0 Å². The Kier molecular flexibility index (Phi) is 68.2. The van der Waals surface area contributed by atoms with Crippen LogP contribution in [0.3, 0.4) is 0 Å². The number of hydrogen-bond acceptors (Lipinski definition) is 6. The van der Waals surface area contributed by atoms with E-state index in [9.17, 15) is 14.4 Å². The van der Waals surface area contributed by atoms with Gasteiger partial charge in [-0.15, -0.1) is 0 Å². The van der Waals surface area contributed by atoms with Gasteiger partial charge in [-0.1, -0.05) is 337 Å². The molecule has 6 nitrogen and oxygen atoms in total. The summed E-state index contributed by atoms with van der Waals surface area (Å²) >= 11 is 0. The highest BCUT2D eigenvalue weighted by Crippen LogP contribution is 2.18. The molecule has 0 aromatic rings. The van der Waals surface area contributed by atoms with Crippen molar-refractivity contribution in [3.63, 3.8) is 0 Å². The third-order valence-corrected chi connectivity index (χ3v) is 15.9. The minimum atomic E-state index is -0.780. The second-order valence-electron chi connectivity index (χ2n) is 24.1. The highest BCUT2D eigenvalue weighted by molar-refractivity contribution is 5.71. The Morgan fingerprint density at radius 2 is 0.470 bits per heavy atom. The van der Waals surface area contributed by atoms with Crippen molar-refractivity contribution < 1.29 is 28.6 Å². The topological polar surface area (TPSA) is 78.9 Å². The Hall–Kier alpha value is -3.41. The molecule has 0 N–H and O–H groups in total. The second kappa shape index (κ2) is 71.1. The van der Waals surface area contributed by atoms with Gasteiger partial charge in [0.1, 0.15) is 13.2 Å². The van der Waals surface area contributed by atoms with Crippen LogP contribution < -0.4 is 0 Å². The van der Waals surface area contributed by atoms with Gasteiger partial charge in [0, 0.05) is 19.3 Å². The van der Waals surface area contributed by atoms with Crippen LogP contribution in [0.1, 0.15) is 367 Å². The Bertz CT molecular complexity index is 1570. The fraction of sp³-hybridized carbons (Fsp3) is 0.779. The predicted molar refractivity (Wildman–Crippen MR) is 362 cm³/mol. The van der Waals surface area contributed by atoms with Gasteiger partial charge in [-0.3, -0.25) is 14.4 Å². The lowest BCUT2D eigenvalue weighted by Crippen LogP contribution is -2.30. The molecule has 0 rings (SSSR count). The van der Waals surface area contributed by atoms with Gasteiger partial charge in [0.05, 0.1) is 0 Å². The van der Waals surface area contributed by atoms with E-state index in [0.717, 1.165) is 109 Å². The maximum absolute atomic E-state index is 12.9. The minimum Gasteiger partial charge on any atom is -0.462 e. The predicted octanol–water partition coefficient (Wildman–Crippen LogP) is 25.0. The molecular formula is C77H136O6. The largest absolute Gasteiger partial charge is 0.462 e. The summed E-state index contributed by atoms with van der Waals surface area (Å²) in [5.41, 5.74) is 0. The van der Waals surface area contributed by atoms with Gasteiger partial charge in [-0.25, -0.2) is 0 Å². The van der Waals surface area contributed by atoms with E-state index in [-0.39, 0.29) is 31.1 Å². The van der Waals surface area contributed by atoms with E-state index in [1.807, 2.05) is 0 Å². The van der Waals surface area contributed by atoms with Crippen LogP contribution in [0.4, 0.5) is 0 Å². The maximum atomic E-state index is 12.9. The zero-order valence-corrected chi connectivity index (χ0v) is 55.2. The molecule has 0 amide bonds. The molecule has 1 atom stereocenters. The normalized spacial score (nSPS) is 12.6. The van der Waals surface area contributed by atoms with Gasteiger partial charge in [-0.05, 0) is 96.3 Å². The molecule has 0 aliphatic rings. The molecule has 0 saturated carbocycles. The monoisotopic (exact) mass is 1160 g/mol. The highest BCUT2D eigenvalue weighted by atomic mass is 16.6. The van der Waals surface area contributed by atoms with Crippen LogP contribution in [0.2, 0.25) is 0 Å². The number of carbonyl (C=O) groups is 3.